The molecule has 2 rings (SSSR count). The quantitative estimate of drug-likeness (QED) is 0.915. The zero-order valence-electron chi connectivity index (χ0n) is 12.0. The molecule has 0 bridgehead atoms. The topological polar surface area (TPSA) is 29.3 Å². The average molecular weight is 281 g/mol. The van der Waals surface area contributed by atoms with E-state index in [1.807, 2.05) is 12.1 Å². The van der Waals surface area contributed by atoms with Crippen LogP contribution in [0.5, 0.6) is 0 Å². The molecule has 19 heavy (non-hydrogen) atoms. The largest absolute Gasteiger partial charge is 0.326 e. The molecule has 0 radical (unpaired) electrons. The minimum Gasteiger partial charge on any atom is -0.326 e. The van der Waals surface area contributed by atoms with Crippen LogP contribution in [0.15, 0.2) is 24.3 Å². The molecule has 3 heteroatoms. The Morgan fingerprint density at radius 3 is 2.26 bits per heavy atom. The zero-order valence-corrected chi connectivity index (χ0v) is 12.8. The molecule has 0 amide bonds. The van der Waals surface area contributed by atoms with Gasteiger partial charge in [0.2, 0.25) is 0 Å². The number of hydrogen-bond acceptors (Lipinski definition) is 2. The number of nitrogens with zero attached hydrogens (tertiary/aromatic N) is 1. The maximum Gasteiger partial charge on any atom is 0.0406 e. The molecule has 1 aromatic carbocycles. The fourth-order valence-electron chi connectivity index (χ4n) is 3.38. The molecule has 106 valence electrons. The first-order valence-electron chi connectivity index (χ1n) is 7.22. The Hall–Kier alpha value is -0.570. The molecule has 2 N–H and O–H groups in total. The lowest BCUT2D eigenvalue weighted by Crippen LogP contribution is -2.59. The summed E-state index contributed by atoms with van der Waals surface area (Å²) in [5, 5.41) is 0.789. The number of rotatable bonds is 4. The van der Waals surface area contributed by atoms with Crippen LogP contribution in [0.25, 0.3) is 0 Å². The Balaban J connectivity index is 2.11. The van der Waals surface area contributed by atoms with Crippen LogP contribution >= 0.6 is 11.6 Å². The predicted molar refractivity (Wildman–Crippen MR) is 82.6 cm³/mol. The highest BCUT2D eigenvalue weighted by molar-refractivity contribution is 6.30. The van der Waals surface area contributed by atoms with Gasteiger partial charge in [-0.15, -0.1) is 0 Å². The van der Waals surface area contributed by atoms with Gasteiger partial charge < -0.3 is 10.6 Å². The van der Waals surface area contributed by atoms with Crippen LogP contribution in [0.4, 0.5) is 0 Å². The van der Waals surface area contributed by atoms with E-state index in [-0.39, 0.29) is 11.6 Å². The van der Waals surface area contributed by atoms with E-state index in [9.17, 15) is 0 Å². The molecule has 2 nitrogen and oxygen atoms in total. The Bertz CT molecular complexity index is 394. The molecule has 0 saturated heterocycles. The number of benzene rings is 1. The normalized spacial score (nSPS) is 20.5. The number of nitrogens with two attached hydrogens (primary N) is 1. The van der Waals surface area contributed by atoms with Crippen LogP contribution in [0.3, 0.4) is 0 Å². The van der Waals surface area contributed by atoms with Gasteiger partial charge in [0.25, 0.3) is 0 Å². The van der Waals surface area contributed by atoms with Crippen molar-refractivity contribution in [2.45, 2.75) is 50.1 Å². The highest BCUT2D eigenvalue weighted by atomic mass is 35.5. The lowest BCUT2D eigenvalue weighted by atomic mass is 9.74. The molecule has 1 fully saturated rings. The van der Waals surface area contributed by atoms with Crippen molar-refractivity contribution in [3.63, 3.8) is 0 Å². The van der Waals surface area contributed by atoms with E-state index in [0.29, 0.717) is 0 Å². The van der Waals surface area contributed by atoms with Crippen LogP contribution in [0.1, 0.15) is 37.7 Å². The van der Waals surface area contributed by atoms with Crippen molar-refractivity contribution in [1.82, 2.24) is 4.90 Å². The third-order valence-electron chi connectivity index (χ3n) is 4.67. The molecule has 1 aromatic rings. The summed E-state index contributed by atoms with van der Waals surface area (Å²) >= 11 is 5.94. The molecule has 1 saturated carbocycles. The summed E-state index contributed by atoms with van der Waals surface area (Å²) in [5.74, 6) is 0. The fourth-order valence-corrected chi connectivity index (χ4v) is 3.50. The van der Waals surface area contributed by atoms with Crippen molar-refractivity contribution in [3.8, 4) is 0 Å². The molecule has 1 unspecified atom stereocenters. The van der Waals surface area contributed by atoms with Crippen molar-refractivity contribution >= 4 is 11.6 Å². The summed E-state index contributed by atoms with van der Waals surface area (Å²) in [5.41, 5.74) is 8.03. The maximum absolute atomic E-state index is 6.58. The molecule has 1 aliphatic rings. The summed E-state index contributed by atoms with van der Waals surface area (Å²) in [4.78, 5) is 2.35. The highest BCUT2D eigenvalue weighted by Crippen LogP contribution is 2.35. The third kappa shape index (κ3) is 3.31. The first-order valence-corrected chi connectivity index (χ1v) is 7.60. The van der Waals surface area contributed by atoms with E-state index < -0.39 is 0 Å². The smallest absolute Gasteiger partial charge is 0.0406 e. The summed E-state index contributed by atoms with van der Waals surface area (Å²) < 4.78 is 0. The van der Waals surface area contributed by atoms with Gasteiger partial charge >= 0.3 is 0 Å². The minimum absolute atomic E-state index is 0.165. The standard InChI is InChI=1S/C16H25ClN2/c1-19(2)16(10-4-3-5-11-16)15(18)12-13-6-8-14(17)9-7-13/h6-9,15H,3-5,10-12,18H2,1-2H3. The molecular weight excluding hydrogens is 256 g/mol. The van der Waals surface area contributed by atoms with Crippen molar-refractivity contribution in [1.29, 1.82) is 0 Å². The Morgan fingerprint density at radius 2 is 1.74 bits per heavy atom. The van der Waals surface area contributed by atoms with E-state index in [2.05, 4.69) is 31.1 Å². The lowest BCUT2D eigenvalue weighted by Gasteiger charge is -2.47. The van der Waals surface area contributed by atoms with Gasteiger partial charge in [-0.2, -0.15) is 0 Å². The first kappa shape index (κ1) is 14.8. The highest BCUT2D eigenvalue weighted by Gasteiger charge is 2.39. The summed E-state index contributed by atoms with van der Waals surface area (Å²) in [6.45, 7) is 0. The summed E-state index contributed by atoms with van der Waals surface area (Å²) in [7, 11) is 4.35. The van der Waals surface area contributed by atoms with E-state index in [0.717, 1.165) is 11.4 Å². The fraction of sp³-hybridized carbons (Fsp3) is 0.625. The number of halogens is 1. The van der Waals surface area contributed by atoms with Gasteiger partial charge in [0, 0.05) is 16.6 Å². The Labute approximate surface area is 121 Å². The molecule has 0 spiro atoms. The molecule has 0 aromatic heterocycles. The van der Waals surface area contributed by atoms with E-state index >= 15 is 0 Å². The summed E-state index contributed by atoms with van der Waals surface area (Å²) in [6.07, 6.45) is 7.31. The Morgan fingerprint density at radius 1 is 1.16 bits per heavy atom. The van der Waals surface area contributed by atoms with Crippen LogP contribution in [-0.2, 0) is 6.42 Å². The van der Waals surface area contributed by atoms with E-state index in [1.165, 1.54) is 37.7 Å². The van der Waals surface area contributed by atoms with E-state index in [1.54, 1.807) is 0 Å². The average Bonchev–Trinajstić information content (AvgIpc) is 2.42. The van der Waals surface area contributed by atoms with Gasteiger partial charge in [0.15, 0.2) is 0 Å². The van der Waals surface area contributed by atoms with Gasteiger partial charge in [0.1, 0.15) is 0 Å². The lowest BCUT2D eigenvalue weighted by molar-refractivity contribution is 0.0716. The minimum atomic E-state index is 0.165. The van der Waals surface area contributed by atoms with Crippen molar-refractivity contribution < 1.29 is 0 Å². The third-order valence-corrected chi connectivity index (χ3v) is 4.92. The molecule has 0 heterocycles. The van der Waals surface area contributed by atoms with Crippen LogP contribution in [0.2, 0.25) is 5.02 Å². The van der Waals surface area contributed by atoms with Gasteiger partial charge in [-0.25, -0.2) is 0 Å². The second-order valence-electron chi connectivity index (χ2n) is 6.00. The van der Waals surface area contributed by atoms with Gasteiger partial charge in [-0.3, -0.25) is 0 Å². The monoisotopic (exact) mass is 280 g/mol. The maximum atomic E-state index is 6.58. The SMILES string of the molecule is CN(C)C1(C(N)Cc2ccc(Cl)cc2)CCCCC1. The molecule has 0 aliphatic heterocycles. The van der Waals surface area contributed by atoms with Gasteiger partial charge in [0.05, 0.1) is 0 Å². The molecular formula is C16H25ClN2. The van der Waals surface area contributed by atoms with Crippen LogP contribution in [-0.4, -0.2) is 30.6 Å². The first-order chi connectivity index (χ1) is 9.04. The Kier molecular flexibility index (Phi) is 4.88. The molecule has 1 atom stereocenters. The van der Waals surface area contributed by atoms with Crippen molar-refractivity contribution in [2.24, 2.45) is 5.73 Å². The van der Waals surface area contributed by atoms with Crippen molar-refractivity contribution in [2.75, 3.05) is 14.1 Å². The predicted octanol–water partition coefficient (Wildman–Crippen LogP) is 3.47. The second kappa shape index (κ2) is 6.25. The zero-order chi connectivity index (χ0) is 13.9. The van der Waals surface area contributed by atoms with Gasteiger partial charge in [-0.05, 0) is 51.1 Å². The van der Waals surface area contributed by atoms with Crippen molar-refractivity contribution in [3.05, 3.63) is 34.9 Å². The summed E-state index contributed by atoms with van der Waals surface area (Å²) in [6, 6.07) is 8.27. The molecule has 1 aliphatic carbocycles. The number of hydrogen-bond donors (Lipinski definition) is 1. The van der Waals surface area contributed by atoms with Crippen LogP contribution in [0, 0.1) is 0 Å². The van der Waals surface area contributed by atoms with Crippen LogP contribution < -0.4 is 5.73 Å². The second-order valence-corrected chi connectivity index (χ2v) is 6.43. The number of likely N-dealkylation sites (N-methyl/N-ethyl adjacent to an activating group) is 1. The van der Waals surface area contributed by atoms with E-state index in [4.69, 9.17) is 17.3 Å². The van der Waals surface area contributed by atoms with Gasteiger partial charge in [-0.1, -0.05) is 43.0 Å².